The average molecular weight is 357 g/mol. The van der Waals surface area contributed by atoms with Gasteiger partial charge in [0, 0.05) is 17.4 Å². The van der Waals surface area contributed by atoms with Crippen LogP contribution in [0.5, 0.6) is 11.6 Å². The number of fused-ring (bicyclic) bond motifs is 1. The number of nitrogens with zero attached hydrogens (tertiary/aromatic N) is 3. The first-order valence-electron chi connectivity index (χ1n) is 8.19. The number of aromatic nitrogens is 3. The van der Waals surface area contributed by atoms with E-state index in [0.717, 1.165) is 10.9 Å². The minimum Gasteiger partial charge on any atom is -0.438 e. The molecule has 0 fully saturated rings. The Labute approximate surface area is 154 Å². The third-order valence-electron chi connectivity index (χ3n) is 3.86. The van der Waals surface area contributed by atoms with Crippen molar-refractivity contribution < 1.29 is 9.53 Å². The first-order chi connectivity index (χ1) is 13.2. The van der Waals surface area contributed by atoms with Gasteiger partial charge < -0.3 is 15.8 Å². The molecular weight excluding hydrogens is 342 g/mol. The van der Waals surface area contributed by atoms with Crippen LogP contribution in [0.1, 0.15) is 10.4 Å². The van der Waals surface area contributed by atoms with E-state index >= 15 is 0 Å². The molecule has 0 bridgehead atoms. The van der Waals surface area contributed by atoms with E-state index in [1.807, 2.05) is 6.07 Å². The number of nitrogens with two attached hydrogens (primary N) is 1. The molecule has 132 valence electrons. The summed E-state index contributed by atoms with van der Waals surface area (Å²) in [5.74, 6) is 1.19. The summed E-state index contributed by atoms with van der Waals surface area (Å²) < 4.78 is 5.85. The third-order valence-corrected chi connectivity index (χ3v) is 3.86. The fourth-order valence-corrected chi connectivity index (χ4v) is 2.54. The van der Waals surface area contributed by atoms with E-state index in [0.29, 0.717) is 28.7 Å². The predicted molar refractivity (Wildman–Crippen MR) is 103 cm³/mol. The monoisotopic (exact) mass is 357 g/mol. The van der Waals surface area contributed by atoms with Crippen molar-refractivity contribution in [3.8, 4) is 11.6 Å². The van der Waals surface area contributed by atoms with E-state index in [4.69, 9.17) is 10.5 Å². The lowest BCUT2D eigenvalue weighted by Gasteiger charge is -2.09. The Kier molecular flexibility index (Phi) is 4.32. The van der Waals surface area contributed by atoms with E-state index < -0.39 is 0 Å². The second kappa shape index (κ2) is 7.09. The van der Waals surface area contributed by atoms with Crippen LogP contribution in [-0.4, -0.2) is 20.9 Å². The van der Waals surface area contributed by atoms with Crippen molar-refractivity contribution in [3.05, 3.63) is 78.8 Å². The van der Waals surface area contributed by atoms with Gasteiger partial charge in [0.15, 0.2) is 0 Å². The number of carbonyl (C=O) groups is 1. The molecule has 4 aromatic rings. The topological polar surface area (TPSA) is 103 Å². The predicted octanol–water partition coefficient (Wildman–Crippen LogP) is 3.65. The second-order valence-electron chi connectivity index (χ2n) is 5.75. The number of benzene rings is 2. The normalized spacial score (nSPS) is 10.5. The highest BCUT2D eigenvalue weighted by atomic mass is 16.5. The van der Waals surface area contributed by atoms with Crippen LogP contribution in [0.3, 0.4) is 0 Å². The molecule has 3 N–H and O–H groups in total. The number of nitrogens with one attached hydrogen (secondary N) is 1. The lowest BCUT2D eigenvalue weighted by atomic mass is 10.2. The van der Waals surface area contributed by atoms with Gasteiger partial charge in [-0.05, 0) is 54.6 Å². The van der Waals surface area contributed by atoms with Gasteiger partial charge in [-0.2, -0.15) is 0 Å². The van der Waals surface area contributed by atoms with Gasteiger partial charge >= 0.3 is 0 Å². The average Bonchev–Trinajstić information content (AvgIpc) is 2.70. The maximum absolute atomic E-state index is 12.3. The Morgan fingerprint density at radius 2 is 1.81 bits per heavy atom. The summed E-state index contributed by atoms with van der Waals surface area (Å²) >= 11 is 0. The van der Waals surface area contributed by atoms with Crippen molar-refractivity contribution in [2.45, 2.75) is 0 Å². The van der Waals surface area contributed by atoms with Crippen LogP contribution in [0.4, 0.5) is 11.5 Å². The molecule has 0 unspecified atom stereocenters. The molecule has 0 saturated heterocycles. The minimum atomic E-state index is -0.250. The van der Waals surface area contributed by atoms with Crippen LogP contribution in [0.25, 0.3) is 10.9 Å². The third kappa shape index (κ3) is 3.67. The molecule has 0 spiro atoms. The van der Waals surface area contributed by atoms with Crippen LogP contribution < -0.4 is 15.8 Å². The molecular formula is C20H15N5O2. The van der Waals surface area contributed by atoms with Crippen LogP contribution in [-0.2, 0) is 0 Å². The maximum atomic E-state index is 12.3. The standard InChI is InChI=1S/C20H15N5O2/c21-14-6-9-17-16(11-14)20(24-12-23-17)27-15-7-4-13(5-8-15)19(26)25-18-3-1-2-10-22-18/h1-12H,21H2,(H,22,25,26). The summed E-state index contributed by atoms with van der Waals surface area (Å²) in [5.41, 5.74) is 7.67. The minimum absolute atomic E-state index is 0.250. The largest absolute Gasteiger partial charge is 0.438 e. The number of amides is 1. The van der Waals surface area contributed by atoms with Gasteiger partial charge in [-0.25, -0.2) is 15.0 Å². The van der Waals surface area contributed by atoms with Crippen molar-refractivity contribution in [1.82, 2.24) is 15.0 Å². The summed E-state index contributed by atoms with van der Waals surface area (Å²) in [4.78, 5) is 24.7. The summed E-state index contributed by atoms with van der Waals surface area (Å²) in [6.45, 7) is 0. The van der Waals surface area contributed by atoms with E-state index in [9.17, 15) is 4.79 Å². The van der Waals surface area contributed by atoms with Crippen LogP contribution >= 0.6 is 0 Å². The van der Waals surface area contributed by atoms with Gasteiger partial charge in [0.2, 0.25) is 5.88 Å². The van der Waals surface area contributed by atoms with E-state index in [-0.39, 0.29) is 5.91 Å². The number of hydrogen-bond donors (Lipinski definition) is 2. The van der Waals surface area contributed by atoms with Crippen molar-refractivity contribution in [1.29, 1.82) is 0 Å². The molecule has 0 atom stereocenters. The van der Waals surface area contributed by atoms with Crippen molar-refractivity contribution in [2.24, 2.45) is 0 Å². The van der Waals surface area contributed by atoms with Gasteiger partial charge in [-0.15, -0.1) is 0 Å². The van der Waals surface area contributed by atoms with Gasteiger partial charge in [0.1, 0.15) is 17.9 Å². The molecule has 2 heterocycles. The maximum Gasteiger partial charge on any atom is 0.256 e. The van der Waals surface area contributed by atoms with Crippen LogP contribution in [0, 0.1) is 0 Å². The summed E-state index contributed by atoms with van der Waals surface area (Å²) in [5, 5.41) is 3.45. The summed E-state index contributed by atoms with van der Waals surface area (Å²) in [6.07, 6.45) is 3.05. The molecule has 2 aromatic carbocycles. The Morgan fingerprint density at radius 3 is 2.59 bits per heavy atom. The Bertz CT molecular complexity index is 1100. The fraction of sp³-hybridized carbons (Fsp3) is 0. The number of hydrogen-bond acceptors (Lipinski definition) is 6. The zero-order valence-corrected chi connectivity index (χ0v) is 14.2. The molecule has 0 saturated carbocycles. The SMILES string of the molecule is Nc1ccc2ncnc(Oc3ccc(C(=O)Nc4ccccn4)cc3)c2c1. The van der Waals surface area contributed by atoms with Gasteiger partial charge in [-0.1, -0.05) is 6.07 Å². The Morgan fingerprint density at radius 1 is 0.963 bits per heavy atom. The van der Waals surface area contributed by atoms with E-state index in [2.05, 4.69) is 20.3 Å². The molecule has 0 aliphatic rings. The number of ether oxygens (including phenoxy) is 1. The molecule has 0 radical (unpaired) electrons. The smallest absolute Gasteiger partial charge is 0.256 e. The highest BCUT2D eigenvalue weighted by Gasteiger charge is 2.09. The lowest BCUT2D eigenvalue weighted by Crippen LogP contribution is -2.12. The molecule has 7 heteroatoms. The zero-order valence-electron chi connectivity index (χ0n) is 14.2. The number of nitrogen functional groups attached to an aromatic ring is 1. The molecule has 2 aromatic heterocycles. The second-order valence-corrected chi connectivity index (χ2v) is 5.75. The summed E-state index contributed by atoms with van der Waals surface area (Å²) in [6, 6.07) is 17.4. The van der Waals surface area contributed by atoms with Gasteiger partial charge in [0.05, 0.1) is 10.9 Å². The van der Waals surface area contributed by atoms with Crippen LogP contribution in [0.15, 0.2) is 73.2 Å². The molecule has 4 rings (SSSR count). The Hall–Kier alpha value is -4.00. The van der Waals surface area contributed by atoms with Gasteiger partial charge in [-0.3, -0.25) is 4.79 Å². The lowest BCUT2D eigenvalue weighted by molar-refractivity contribution is 0.102. The van der Waals surface area contributed by atoms with Crippen LogP contribution in [0.2, 0.25) is 0 Å². The van der Waals surface area contributed by atoms with Crippen molar-refractivity contribution >= 4 is 28.3 Å². The highest BCUT2D eigenvalue weighted by Crippen LogP contribution is 2.28. The van der Waals surface area contributed by atoms with E-state index in [1.165, 1.54) is 6.33 Å². The molecule has 1 amide bonds. The zero-order chi connectivity index (χ0) is 18.6. The first kappa shape index (κ1) is 16.5. The first-order valence-corrected chi connectivity index (χ1v) is 8.19. The van der Waals surface area contributed by atoms with Crippen molar-refractivity contribution in [3.63, 3.8) is 0 Å². The molecule has 0 aliphatic carbocycles. The number of carbonyl (C=O) groups excluding carboxylic acids is 1. The number of pyridine rings is 1. The Balaban J connectivity index is 1.53. The number of anilines is 2. The highest BCUT2D eigenvalue weighted by molar-refractivity contribution is 6.03. The van der Waals surface area contributed by atoms with Gasteiger partial charge in [0.25, 0.3) is 5.91 Å². The quantitative estimate of drug-likeness (QED) is 0.540. The molecule has 7 nitrogen and oxygen atoms in total. The number of rotatable bonds is 4. The summed E-state index contributed by atoms with van der Waals surface area (Å²) in [7, 11) is 0. The molecule has 27 heavy (non-hydrogen) atoms. The molecule has 0 aliphatic heterocycles. The van der Waals surface area contributed by atoms with E-state index in [1.54, 1.807) is 60.8 Å². The van der Waals surface area contributed by atoms with Crippen molar-refractivity contribution in [2.75, 3.05) is 11.1 Å². The fourth-order valence-electron chi connectivity index (χ4n) is 2.54.